The topological polar surface area (TPSA) is 0 Å². The van der Waals surface area contributed by atoms with Crippen LogP contribution < -0.4 is 0 Å². The first kappa shape index (κ1) is 6.67. The molecule has 1 aliphatic heterocycles. The van der Waals surface area contributed by atoms with E-state index >= 15 is 0 Å². The molecule has 0 N–H and O–H groups in total. The van der Waals surface area contributed by atoms with E-state index in [1.807, 2.05) is 11.3 Å². The van der Waals surface area contributed by atoms with Crippen LogP contribution in [-0.2, 0) is 0 Å². The molecule has 0 aliphatic carbocycles. The van der Waals surface area contributed by atoms with Gasteiger partial charge in [0.05, 0.1) is 0 Å². The molecule has 1 aromatic carbocycles. The summed E-state index contributed by atoms with van der Waals surface area (Å²) in [4.78, 5) is 1.39. The molecule has 2 heterocycles. The van der Waals surface area contributed by atoms with Crippen LogP contribution in [0.15, 0.2) is 28.5 Å². The number of hydrogen-bond donors (Lipinski definition) is 1. The highest BCUT2D eigenvalue weighted by atomic mass is 32.1. The maximum atomic E-state index is 3.20. The van der Waals surface area contributed by atoms with Gasteiger partial charge in [0.1, 0.15) is 0 Å². The number of rotatable bonds is 0. The molecule has 0 unspecified atom stereocenters. The fourth-order valence-electron chi connectivity index (χ4n) is 1.40. The molecule has 1 aliphatic rings. The van der Waals surface area contributed by atoms with Gasteiger partial charge in [0.2, 0.25) is 0 Å². The molecule has 0 spiro atoms. The first-order valence-corrected chi connectivity index (χ1v) is 5.52. The van der Waals surface area contributed by atoms with Gasteiger partial charge in [0.25, 0.3) is 0 Å². The summed E-state index contributed by atoms with van der Waals surface area (Å²) >= 11 is 3.03. The third kappa shape index (κ3) is 0.831. The highest BCUT2D eigenvalue weighted by Crippen LogP contribution is 2.30. The molecular weight excluding hydrogens is 184 g/mol. The van der Waals surface area contributed by atoms with Gasteiger partial charge in [0, 0.05) is 9.60 Å². The molecule has 1 aromatic heterocycles. The van der Waals surface area contributed by atoms with Crippen LogP contribution in [0.1, 0.15) is 5.56 Å². The lowest BCUT2D eigenvalue weighted by Crippen LogP contribution is -1.72. The van der Waals surface area contributed by atoms with Crippen molar-refractivity contribution in [1.29, 1.82) is 0 Å². The fraction of sp³-hybridized carbons (Fsp3) is 0. The molecule has 0 atom stereocenters. The van der Waals surface area contributed by atoms with Gasteiger partial charge >= 0.3 is 0 Å². The second-order valence-corrected chi connectivity index (χ2v) is 4.67. The van der Waals surface area contributed by atoms with E-state index in [2.05, 4.69) is 34.7 Å². The predicted octanol–water partition coefficient (Wildman–Crippen LogP) is 3.15. The van der Waals surface area contributed by atoms with Gasteiger partial charge in [0.15, 0.2) is 0 Å². The molecule has 0 nitrogen and oxygen atoms in total. The smallest absolute Gasteiger partial charge is 0.0354 e. The van der Waals surface area contributed by atoms with Crippen molar-refractivity contribution in [3.63, 3.8) is 0 Å². The molecule has 0 saturated heterocycles. The molecule has 12 heavy (non-hydrogen) atoms. The molecule has 58 valence electrons. The van der Waals surface area contributed by atoms with Gasteiger partial charge in [-0.3, -0.25) is 0 Å². The minimum absolute atomic E-state index is 1.22. The quantitative estimate of drug-likeness (QED) is 0.408. The summed E-state index contributed by atoms with van der Waals surface area (Å²) in [6.07, 6.45) is 2.08. The Morgan fingerprint density at radius 3 is 3.33 bits per heavy atom. The first-order valence-electron chi connectivity index (χ1n) is 3.74. The highest BCUT2D eigenvalue weighted by molar-refractivity contribution is 7.97. The molecule has 0 bridgehead atoms. The van der Waals surface area contributed by atoms with Crippen molar-refractivity contribution in [1.82, 2.24) is 0 Å². The molecule has 0 fully saturated rings. The molecule has 3 rings (SSSR count). The van der Waals surface area contributed by atoms with E-state index in [0.29, 0.717) is 0 Å². The van der Waals surface area contributed by atoms with Crippen LogP contribution in [0.4, 0.5) is 0 Å². The molecular formula is C10H6S2. The molecule has 0 radical (unpaired) electrons. The number of benzene rings is 1. The summed E-state index contributed by atoms with van der Waals surface area (Å²) < 4.78 is 1.39. The predicted molar refractivity (Wildman–Crippen MR) is 58.5 cm³/mol. The van der Waals surface area contributed by atoms with E-state index in [1.54, 1.807) is 0 Å². The summed E-state index contributed by atoms with van der Waals surface area (Å²) in [6.45, 7) is 0. The van der Waals surface area contributed by atoms with Gasteiger partial charge in [-0.1, -0.05) is 5.02 Å². The van der Waals surface area contributed by atoms with Crippen molar-refractivity contribution < 1.29 is 0 Å². The van der Waals surface area contributed by atoms with Gasteiger partial charge in [-0.25, -0.2) is 0 Å². The summed E-state index contributed by atoms with van der Waals surface area (Å²) in [6, 6.07) is 6.69. The van der Waals surface area contributed by atoms with Crippen LogP contribution in [0.2, 0.25) is 0 Å². The lowest BCUT2D eigenvalue weighted by Gasteiger charge is -1.96. The maximum absolute atomic E-state index is 3.20. The molecule has 2 aromatic rings. The Kier molecular flexibility index (Phi) is 1.30. The number of hydrogen-bond acceptors (Lipinski definition) is 1. The number of thiophene rings is 1. The second kappa shape index (κ2) is 2.33. The van der Waals surface area contributed by atoms with E-state index in [9.17, 15) is 0 Å². The third-order valence-electron chi connectivity index (χ3n) is 2.01. The SMILES string of the molecule is C1=Cc2cc3ccsc3cc2[SH]=1. The van der Waals surface area contributed by atoms with Crippen molar-refractivity contribution in [3.8, 4) is 0 Å². The Morgan fingerprint density at radius 1 is 1.33 bits per heavy atom. The van der Waals surface area contributed by atoms with Crippen molar-refractivity contribution in [3.05, 3.63) is 29.1 Å². The van der Waals surface area contributed by atoms with Gasteiger partial charge in [-0.15, -0.1) is 22.7 Å². The fourth-order valence-corrected chi connectivity index (χ4v) is 3.09. The third-order valence-corrected chi connectivity index (χ3v) is 3.77. The van der Waals surface area contributed by atoms with Crippen LogP contribution >= 0.6 is 22.7 Å². The standard InChI is InChI=1S/C10H6S2/c1-3-11-9-6-10-8(2-4-12-10)5-7(1)9/h1-3,5-6,12H. The van der Waals surface area contributed by atoms with Gasteiger partial charge < -0.3 is 0 Å². The Balaban J connectivity index is 2.48. The lowest BCUT2D eigenvalue weighted by atomic mass is 10.2. The van der Waals surface area contributed by atoms with Gasteiger partial charge in [-0.05, 0) is 40.6 Å². The average molecular weight is 190 g/mol. The molecule has 0 saturated carbocycles. The highest BCUT2D eigenvalue weighted by Gasteiger charge is 2.03. The maximum Gasteiger partial charge on any atom is 0.0354 e. The Labute approximate surface area is 78.1 Å². The van der Waals surface area contributed by atoms with E-state index in [-0.39, 0.29) is 0 Å². The summed E-state index contributed by atoms with van der Waals surface area (Å²) in [5.41, 5.74) is 1.34. The Morgan fingerprint density at radius 2 is 2.33 bits per heavy atom. The number of fused-ring (bicyclic) bond motifs is 2. The molecule has 0 amide bonds. The number of thiol groups is 1. The lowest BCUT2D eigenvalue weighted by molar-refractivity contribution is 1.50. The van der Waals surface area contributed by atoms with E-state index in [4.69, 9.17) is 0 Å². The second-order valence-electron chi connectivity index (χ2n) is 2.75. The summed E-state index contributed by atoms with van der Waals surface area (Å²) in [5, 5.41) is 6.70. The average Bonchev–Trinajstić information content (AvgIpc) is 2.64. The first-order chi connectivity index (χ1) is 5.93. The zero-order valence-electron chi connectivity index (χ0n) is 6.24. The van der Waals surface area contributed by atoms with E-state index < -0.39 is 0 Å². The van der Waals surface area contributed by atoms with Crippen LogP contribution in [0.25, 0.3) is 16.2 Å². The van der Waals surface area contributed by atoms with Crippen LogP contribution in [0, 0.1) is 0 Å². The van der Waals surface area contributed by atoms with Crippen molar-refractivity contribution in [2.75, 3.05) is 0 Å². The van der Waals surface area contributed by atoms with Crippen LogP contribution in [0.3, 0.4) is 0 Å². The zero-order valence-corrected chi connectivity index (χ0v) is 7.95. The van der Waals surface area contributed by atoms with Crippen molar-refractivity contribution in [2.24, 2.45) is 0 Å². The van der Waals surface area contributed by atoms with Crippen molar-refractivity contribution in [2.45, 2.75) is 4.90 Å². The van der Waals surface area contributed by atoms with Crippen LogP contribution in [-0.4, -0.2) is 5.02 Å². The minimum Gasteiger partial charge on any atom is -0.144 e. The Hall–Kier alpha value is -0.820. The zero-order chi connectivity index (χ0) is 7.97. The van der Waals surface area contributed by atoms with Gasteiger partial charge in [-0.2, -0.15) is 0 Å². The van der Waals surface area contributed by atoms with E-state index in [0.717, 1.165) is 0 Å². The van der Waals surface area contributed by atoms with E-state index in [1.165, 1.54) is 31.9 Å². The van der Waals surface area contributed by atoms with Crippen molar-refractivity contribution >= 4 is 43.9 Å². The minimum atomic E-state index is 1.22. The van der Waals surface area contributed by atoms with Crippen LogP contribution in [0.5, 0.6) is 0 Å². The monoisotopic (exact) mass is 190 g/mol. The Bertz CT molecular complexity index is 472. The summed E-state index contributed by atoms with van der Waals surface area (Å²) in [5.74, 6) is 0. The molecule has 2 heteroatoms. The summed E-state index contributed by atoms with van der Waals surface area (Å²) in [7, 11) is 0. The normalized spacial score (nSPS) is 13.3. The largest absolute Gasteiger partial charge is 0.144 e.